The summed E-state index contributed by atoms with van der Waals surface area (Å²) in [5.74, 6) is 1.14. The lowest BCUT2D eigenvalue weighted by Gasteiger charge is -2.13. The van der Waals surface area contributed by atoms with Crippen LogP contribution in [-0.4, -0.2) is 36.8 Å². The van der Waals surface area contributed by atoms with E-state index < -0.39 is 12.8 Å². The average Bonchev–Trinajstić information content (AvgIpc) is 2.50. The van der Waals surface area contributed by atoms with Crippen molar-refractivity contribution in [1.29, 1.82) is 0 Å². The zero-order valence-electron chi connectivity index (χ0n) is 14.7. The average molecular weight is 474 g/mol. The van der Waals surface area contributed by atoms with Gasteiger partial charge in [0.05, 0.1) is 6.54 Å². The highest BCUT2D eigenvalue weighted by atomic mass is 127. The molecular formula is C16H26F3IN4O. The monoisotopic (exact) mass is 474 g/mol. The molecule has 0 atom stereocenters. The summed E-state index contributed by atoms with van der Waals surface area (Å²) in [7, 11) is 0. The van der Waals surface area contributed by atoms with Crippen molar-refractivity contribution < 1.29 is 17.9 Å². The Morgan fingerprint density at radius 1 is 1.32 bits per heavy atom. The molecule has 9 heteroatoms. The quantitative estimate of drug-likeness (QED) is 0.343. The van der Waals surface area contributed by atoms with Crippen LogP contribution < -0.4 is 15.4 Å². The molecule has 2 N–H and O–H groups in total. The van der Waals surface area contributed by atoms with E-state index in [4.69, 9.17) is 4.74 Å². The molecule has 0 aliphatic heterocycles. The number of nitrogens with zero attached hydrogens (tertiary/aromatic N) is 2. The summed E-state index contributed by atoms with van der Waals surface area (Å²) >= 11 is 0. The number of ether oxygens (including phenoxy) is 1. The van der Waals surface area contributed by atoms with Gasteiger partial charge in [0.15, 0.2) is 12.6 Å². The first kappa shape index (κ1) is 23.7. The van der Waals surface area contributed by atoms with Crippen molar-refractivity contribution in [2.75, 3.05) is 19.7 Å². The Balaban J connectivity index is 0.00000576. The largest absolute Gasteiger partial charge is 0.468 e. The van der Waals surface area contributed by atoms with E-state index in [0.29, 0.717) is 24.0 Å². The minimum atomic E-state index is -4.40. The fourth-order valence-corrected chi connectivity index (χ4v) is 1.81. The summed E-state index contributed by atoms with van der Waals surface area (Å²) < 4.78 is 41.6. The van der Waals surface area contributed by atoms with Crippen LogP contribution in [0.2, 0.25) is 0 Å². The second-order valence-electron chi connectivity index (χ2n) is 5.68. The molecule has 144 valence electrons. The van der Waals surface area contributed by atoms with Crippen molar-refractivity contribution in [3.05, 3.63) is 23.9 Å². The van der Waals surface area contributed by atoms with Crippen LogP contribution in [0.3, 0.4) is 0 Å². The molecule has 0 unspecified atom stereocenters. The summed E-state index contributed by atoms with van der Waals surface area (Å²) in [6, 6.07) is 3.30. The van der Waals surface area contributed by atoms with E-state index in [-0.39, 0.29) is 36.4 Å². The van der Waals surface area contributed by atoms with E-state index >= 15 is 0 Å². The zero-order valence-corrected chi connectivity index (χ0v) is 17.0. The van der Waals surface area contributed by atoms with Crippen LogP contribution in [0.1, 0.15) is 32.8 Å². The Bertz CT molecular complexity index is 524. The van der Waals surface area contributed by atoms with Crippen molar-refractivity contribution in [2.45, 2.75) is 39.9 Å². The standard InChI is InChI=1S/C16H25F3N4O.HI/c1-4-20-15(22-9-7-12(2)3)23-10-13-6-5-8-21-14(13)24-11-16(17,18)19;/h5-6,8,12H,4,7,9-11H2,1-3H3,(H2,20,22,23);1H. The number of rotatable bonds is 8. The third kappa shape index (κ3) is 11.1. The maximum Gasteiger partial charge on any atom is 0.422 e. The SMILES string of the molecule is CCNC(=NCc1cccnc1OCC(F)(F)F)NCCC(C)C.I. The fraction of sp³-hybridized carbons (Fsp3) is 0.625. The number of pyridine rings is 1. The van der Waals surface area contributed by atoms with Crippen LogP contribution in [0.4, 0.5) is 13.2 Å². The van der Waals surface area contributed by atoms with Crippen LogP contribution in [0.25, 0.3) is 0 Å². The van der Waals surface area contributed by atoms with Gasteiger partial charge in [-0.2, -0.15) is 13.2 Å². The maximum atomic E-state index is 12.3. The summed E-state index contributed by atoms with van der Waals surface area (Å²) in [6.07, 6.45) is -2.01. The molecule has 1 aromatic heterocycles. The highest BCUT2D eigenvalue weighted by Crippen LogP contribution is 2.20. The van der Waals surface area contributed by atoms with Gasteiger partial charge in [0, 0.05) is 24.8 Å². The molecule has 0 aromatic carbocycles. The van der Waals surface area contributed by atoms with Gasteiger partial charge < -0.3 is 15.4 Å². The molecule has 0 saturated heterocycles. The number of aromatic nitrogens is 1. The molecule has 1 heterocycles. The van der Waals surface area contributed by atoms with Crippen molar-refractivity contribution in [1.82, 2.24) is 15.6 Å². The predicted octanol–water partition coefficient (Wildman–Crippen LogP) is 3.74. The summed E-state index contributed by atoms with van der Waals surface area (Å²) in [4.78, 5) is 8.24. The molecule has 0 aliphatic carbocycles. The topological polar surface area (TPSA) is 58.5 Å². The number of alkyl halides is 3. The molecule has 5 nitrogen and oxygen atoms in total. The molecule has 0 radical (unpaired) electrons. The van der Waals surface area contributed by atoms with Gasteiger partial charge in [-0.3, -0.25) is 0 Å². The van der Waals surface area contributed by atoms with Crippen LogP contribution in [0, 0.1) is 5.92 Å². The Morgan fingerprint density at radius 2 is 2.04 bits per heavy atom. The minimum absolute atomic E-state index is 0. The van der Waals surface area contributed by atoms with Gasteiger partial charge in [0.25, 0.3) is 0 Å². The summed E-state index contributed by atoms with van der Waals surface area (Å²) in [5.41, 5.74) is 0.503. The van der Waals surface area contributed by atoms with Crippen LogP contribution >= 0.6 is 24.0 Å². The Labute approximate surface area is 163 Å². The fourth-order valence-electron chi connectivity index (χ4n) is 1.81. The Hall–Kier alpha value is -1.26. The van der Waals surface area contributed by atoms with Gasteiger partial charge in [-0.05, 0) is 25.3 Å². The second kappa shape index (κ2) is 12.2. The molecule has 0 bridgehead atoms. The number of hydrogen-bond acceptors (Lipinski definition) is 3. The molecule has 1 rings (SSSR count). The molecule has 25 heavy (non-hydrogen) atoms. The lowest BCUT2D eigenvalue weighted by atomic mass is 10.1. The van der Waals surface area contributed by atoms with E-state index in [2.05, 4.69) is 34.5 Å². The number of guanidine groups is 1. The normalized spacial score (nSPS) is 11.9. The summed E-state index contributed by atoms with van der Waals surface area (Å²) in [5, 5.41) is 6.30. The van der Waals surface area contributed by atoms with Gasteiger partial charge in [0.1, 0.15) is 0 Å². The molecule has 0 fully saturated rings. The van der Waals surface area contributed by atoms with Gasteiger partial charge >= 0.3 is 6.18 Å². The van der Waals surface area contributed by atoms with Crippen molar-refractivity contribution >= 4 is 29.9 Å². The van der Waals surface area contributed by atoms with E-state index in [1.807, 2.05) is 6.92 Å². The van der Waals surface area contributed by atoms with E-state index in [9.17, 15) is 13.2 Å². The smallest absolute Gasteiger partial charge is 0.422 e. The highest BCUT2D eigenvalue weighted by molar-refractivity contribution is 14.0. The second-order valence-corrected chi connectivity index (χ2v) is 5.68. The third-order valence-electron chi connectivity index (χ3n) is 2.99. The third-order valence-corrected chi connectivity index (χ3v) is 2.99. The Morgan fingerprint density at radius 3 is 2.64 bits per heavy atom. The number of hydrogen-bond donors (Lipinski definition) is 2. The van der Waals surface area contributed by atoms with Gasteiger partial charge in [-0.1, -0.05) is 19.9 Å². The zero-order chi connectivity index (χ0) is 18.0. The van der Waals surface area contributed by atoms with Crippen LogP contribution in [-0.2, 0) is 6.54 Å². The van der Waals surface area contributed by atoms with Gasteiger partial charge in [0.2, 0.25) is 5.88 Å². The van der Waals surface area contributed by atoms with Crippen molar-refractivity contribution in [2.24, 2.45) is 10.9 Å². The van der Waals surface area contributed by atoms with Gasteiger partial charge in [-0.25, -0.2) is 9.98 Å². The maximum absolute atomic E-state index is 12.3. The Kier molecular flexibility index (Phi) is 11.5. The van der Waals surface area contributed by atoms with Gasteiger partial charge in [-0.15, -0.1) is 24.0 Å². The lowest BCUT2D eigenvalue weighted by molar-refractivity contribution is -0.154. The predicted molar refractivity (Wildman–Crippen MR) is 103 cm³/mol. The number of nitrogens with one attached hydrogen (secondary N) is 2. The first-order valence-electron chi connectivity index (χ1n) is 7.97. The molecule has 0 aliphatic rings. The summed E-state index contributed by atoms with van der Waals surface area (Å²) in [6.45, 7) is 6.48. The van der Waals surface area contributed by atoms with Crippen LogP contribution in [0.5, 0.6) is 5.88 Å². The van der Waals surface area contributed by atoms with Crippen LogP contribution in [0.15, 0.2) is 23.3 Å². The first-order chi connectivity index (χ1) is 11.3. The van der Waals surface area contributed by atoms with Crippen molar-refractivity contribution in [3.8, 4) is 5.88 Å². The number of aliphatic imine (C=N–C) groups is 1. The molecule has 0 spiro atoms. The molecule has 0 saturated carbocycles. The highest BCUT2D eigenvalue weighted by Gasteiger charge is 2.29. The first-order valence-corrected chi connectivity index (χ1v) is 7.97. The lowest BCUT2D eigenvalue weighted by Crippen LogP contribution is -2.38. The van der Waals surface area contributed by atoms with Crippen molar-refractivity contribution in [3.63, 3.8) is 0 Å². The number of halogens is 4. The van der Waals surface area contributed by atoms with E-state index in [1.165, 1.54) is 6.20 Å². The molecular weight excluding hydrogens is 448 g/mol. The van der Waals surface area contributed by atoms with E-state index in [1.54, 1.807) is 12.1 Å². The minimum Gasteiger partial charge on any atom is -0.468 e. The molecule has 1 aromatic rings. The molecule has 0 amide bonds. The van der Waals surface area contributed by atoms with E-state index in [0.717, 1.165) is 13.0 Å².